The van der Waals surface area contributed by atoms with E-state index in [2.05, 4.69) is 10.8 Å². The molecule has 1 heterocycles. The first-order chi connectivity index (χ1) is 7.76. The number of piperidine rings is 1. The minimum atomic E-state index is -3.35. The Bertz CT molecular complexity index is 440. The van der Waals surface area contributed by atoms with Gasteiger partial charge in [0.05, 0.1) is 24.3 Å². The first-order valence-electron chi connectivity index (χ1n) is 5.39. The van der Waals surface area contributed by atoms with E-state index in [1.165, 1.54) is 0 Å². The van der Waals surface area contributed by atoms with Crippen molar-refractivity contribution in [1.29, 1.82) is 5.26 Å². The Morgan fingerprint density at radius 3 is 2.76 bits per heavy atom. The van der Waals surface area contributed by atoms with Gasteiger partial charge in [-0.3, -0.25) is 4.79 Å². The van der Waals surface area contributed by atoms with Crippen LogP contribution in [-0.4, -0.2) is 45.1 Å². The van der Waals surface area contributed by atoms with Crippen LogP contribution in [-0.2, 0) is 14.8 Å². The lowest BCUT2D eigenvalue weighted by Crippen LogP contribution is -2.47. The first-order valence-corrected chi connectivity index (χ1v) is 7.29. The third-order valence-corrected chi connectivity index (χ3v) is 3.47. The number of rotatable bonds is 3. The van der Waals surface area contributed by atoms with Crippen molar-refractivity contribution < 1.29 is 13.2 Å². The van der Waals surface area contributed by atoms with E-state index < -0.39 is 15.4 Å². The van der Waals surface area contributed by atoms with E-state index in [0.29, 0.717) is 13.1 Å². The minimum absolute atomic E-state index is 0.236. The SMILES string of the molecule is CC1(C#N)CCCN(C(=O)CNS(C)(=O)=O)C1. The molecule has 1 saturated heterocycles. The molecule has 0 aromatic carbocycles. The van der Waals surface area contributed by atoms with Crippen molar-refractivity contribution >= 4 is 15.9 Å². The van der Waals surface area contributed by atoms with Crippen LogP contribution < -0.4 is 4.72 Å². The normalized spacial score (nSPS) is 25.4. The molecule has 0 bridgehead atoms. The Labute approximate surface area is 102 Å². The van der Waals surface area contributed by atoms with Crippen molar-refractivity contribution in [3.05, 3.63) is 0 Å². The number of carbonyl (C=O) groups is 1. The van der Waals surface area contributed by atoms with Crippen molar-refractivity contribution in [3.8, 4) is 6.07 Å². The van der Waals surface area contributed by atoms with E-state index in [-0.39, 0.29) is 12.5 Å². The molecule has 96 valence electrons. The molecular formula is C10H17N3O3S. The van der Waals surface area contributed by atoms with Gasteiger partial charge in [0, 0.05) is 13.1 Å². The second-order valence-corrected chi connectivity index (χ2v) is 6.52. The van der Waals surface area contributed by atoms with Crippen LogP contribution in [0.3, 0.4) is 0 Å². The van der Waals surface area contributed by atoms with Crippen LogP contribution in [0.4, 0.5) is 0 Å². The first kappa shape index (κ1) is 13.9. The zero-order chi connectivity index (χ0) is 13.1. The van der Waals surface area contributed by atoms with Crippen molar-refractivity contribution in [2.45, 2.75) is 19.8 Å². The summed E-state index contributed by atoms with van der Waals surface area (Å²) >= 11 is 0. The van der Waals surface area contributed by atoms with Gasteiger partial charge < -0.3 is 4.90 Å². The number of amides is 1. The van der Waals surface area contributed by atoms with Gasteiger partial charge in [-0.15, -0.1) is 0 Å². The topological polar surface area (TPSA) is 90.3 Å². The highest BCUT2D eigenvalue weighted by molar-refractivity contribution is 7.88. The molecule has 1 aliphatic rings. The van der Waals surface area contributed by atoms with Gasteiger partial charge in [0.15, 0.2) is 0 Å². The van der Waals surface area contributed by atoms with Crippen LogP contribution in [0.15, 0.2) is 0 Å². The second kappa shape index (κ2) is 5.02. The second-order valence-electron chi connectivity index (χ2n) is 4.68. The smallest absolute Gasteiger partial charge is 0.237 e. The summed E-state index contributed by atoms with van der Waals surface area (Å²) in [6.07, 6.45) is 2.55. The maximum Gasteiger partial charge on any atom is 0.237 e. The molecule has 1 aliphatic heterocycles. The van der Waals surface area contributed by atoms with E-state index in [4.69, 9.17) is 5.26 Å². The molecule has 17 heavy (non-hydrogen) atoms. The number of hydrogen-bond donors (Lipinski definition) is 1. The van der Waals surface area contributed by atoms with E-state index in [9.17, 15) is 13.2 Å². The lowest BCUT2D eigenvalue weighted by atomic mass is 9.83. The Morgan fingerprint density at radius 2 is 2.24 bits per heavy atom. The fourth-order valence-corrected chi connectivity index (χ4v) is 2.23. The highest BCUT2D eigenvalue weighted by Gasteiger charge is 2.33. The predicted molar refractivity (Wildman–Crippen MR) is 62.4 cm³/mol. The van der Waals surface area contributed by atoms with Crippen molar-refractivity contribution in [3.63, 3.8) is 0 Å². The molecule has 7 heteroatoms. The molecule has 6 nitrogen and oxygen atoms in total. The summed E-state index contributed by atoms with van der Waals surface area (Å²) in [6, 6.07) is 2.20. The van der Waals surface area contributed by atoms with Crippen LogP contribution in [0.25, 0.3) is 0 Å². The number of likely N-dealkylation sites (tertiary alicyclic amines) is 1. The van der Waals surface area contributed by atoms with E-state index in [1.54, 1.807) is 4.90 Å². The van der Waals surface area contributed by atoms with Gasteiger partial charge in [0.2, 0.25) is 15.9 Å². The van der Waals surface area contributed by atoms with Crippen molar-refractivity contribution in [2.75, 3.05) is 25.9 Å². The van der Waals surface area contributed by atoms with Crippen molar-refractivity contribution in [1.82, 2.24) is 9.62 Å². The standard InChI is InChI=1S/C10H17N3O3S/c1-10(7-11)4-3-5-13(8-10)9(14)6-12-17(2,15)16/h12H,3-6,8H2,1-2H3. The molecule has 0 aliphatic carbocycles. The van der Waals surface area contributed by atoms with Gasteiger partial charge in [-0.25, -0.2) is 13.1 Å². The third kappa shape index (κ3) is 4.32. The molecule has 0 radical (unpaired) electrons. The largest absolute Gasteiger partial charge is 0.340 e. The lowest BCUT2D eigenvalue weighted by molar-refractivity contribution is -0.132. The minimum Gasteiger partial charge on any atom is -0.340 e. The van der Waals surface area contributed by atoms with Gasteiger partial charge >= 0.3 is 0 Å². The summed E-state index contributed by atoms with van der Waals surface area (Å²) in [7, 11) is -3.35. The summed E-state index contributed by atoms with van der Waals surface area (Å²) < 4.78 is 23.9. The van der Waals surface area contributed by atoms with Crippen LogP contribution in [0.1, 0.15) is 19.8 Å². The van der Waals surface area contributed by atoms with E-state index in [0.717, 1.165) is 19.1 Å². The van der Waals surface area contributed by atoms with Crippen molar-refractivity contribution in [2.24, 2.45) is 5.41 Å². The zero-order valence-electron chi connectivity index (χ0n) is 10.1. The van der Waals surface area contributed by atoms with Crippen LogP contribution >= 0.6 is 0 Å². The monoisotopic (exact) mass is 259 g/mol. The third-order valence-electron chi connectivity index (χ3n) is 2.80. The quantitative estimate of drug-likeness (QED) is 0.752. The highest BCUT2D eigenvalue weighted by Crippen LogP contribution is 2.28. The number of carbonyl (C=O) groups excluding carboxylic acids is 1. The maximum absolute atomic E-state index is 11.7. The van der Waals surface area contributed by atoms with E-state index in [1.807, 2.05) is 6.92 Å². The Kier molecular flexibility index (Phi) is 4.11. The number of sulfonamides is 1. The molecule has 1 amide bonds. The van der Waals surface area contributed by atoms with Gasteiger partial charge in [-0.1, -0.05) is 0 Å². The molecule has 1 unspecified atom stereocenters. The number of nitrogens with one attached hydrogen (secondary N) is 1. The molecule has 1 atom stereocenters. The Hall–Kier alpha value is -1.13. The average Bonchev–Trinajstić information content (AvgIpc) is 2.25. The van der Waals surface area contributed by atoms with Gasteiger partial charge in [0.25, 0.3) is 0 Å². The van der Waals surface area contributed by atoms with E-state index >= 15 is 0 Å². The molecule has 1 rings (SSSR count). The molecule has 1 fully saturated rings. The summed E-state index contributed by atoms with van der Waals surface area (Å²) in [6.45, 7) is 2.53. The summed E-state index contributed by atoms with van der Waals surface area (Å²) in [5.41, 5.74) is -0.515. The molecular weight excluding hydrogens is 242 g/mol. The number of hydrogen-bond acceptors (Lipinski definition) is 4. The fraction of sp³-hybridized carbons (Fsp3) is 0.800. The number of nitriles is 1. The molecule has 0 saturated carbocycles. The predicted octanol–water partition coefficient (Wildman–Crippen LogP) is -0.312. The summed E-state index contributed by atoms with van der Waals surface area (Å²) in [5.74, 6) is -0.281. The van der Waals surface area contributed by atoms with Gasteiger partial charge in [-0.2, -0.15) is 5.26 Å². The summed E-state index contributed by atoms with van der Waals surface area (Å²) in [5, 5.41) is 9.01. The van der Waals surface area contributed by atoms with Crippen LogP contribution in [0, 0.1) is 16.7 Å². The van der Waals surface area contributed by atoms with Gasteiger partial charge in [0.1, 0.15) is 0 Å². The van der Waals surface area contributed by atoms with Crippen LogP contribution in [0.2, 0.25) is 0 Å². The molecule has 1 N–H and O–H groups in total. The zero-order valence-corrected chi connectivity index (χ0v) is 10.9. The Balaban J connectivity index is 2.56. The maximum atomic E-state index is 11.7. The molecule has 0 aromatic rings. The van der Waals surface area contributed by atoms with Crippen LogP contribution in [0.5, 0.6) is 0 Å². The molecule has 0 aromatic heterocycles. The average molecular weight is 259 g/mol. The number of nitrogens with zero attached hydrogens (tertiary/aromatic N) is 2. The summed E-state index contributed by atoms with van der Waals surface area (Å²) in [4.78, 5) is 13.3. The fourth-order valence-electron chi connectivity index (χ4n) is 1.85. The highest BCUT2D eigenvalue weighted by atomic mass is 32.2. The lowest BCUT2D eigenvalue weighted by Gasteiger charge is -2.35. The Morgan fingerprint density at radius 1 is 1.59 bits per heavy atom. The van der Waals surface area contributed by atoms with Gasteiger partial charge in [-0.05, 0) is 19.8 Å². The molecule has 0 spiro atoms.